The lowest BCUT2D eigenvalue weighted by Gasteiger charge is -2.43. The molecule has 6 heteroatoms. The summed E-state index contributed by atoms with van der Waals surface area (Å²) in [7, 11) is -4.05. The second kappa shape index (κ2) is 9.68. The normalized spacial score (nSPS) is 20.6. The van der Waals surface area contributed by atoms with Crippen LogP contribution in [-0.4, -0.2) is 40.4 Å². The largest absolute Gasteiger partial charge is 0.411 e. The highest BCUT2D eigenvalue weighted by atomic mass is 32.2. The Morgan fingerprint density at radius 1 is 0.935 bits per heavy atom. The number of carbonyl (C=O) groups is 1. The van der Waals surface area contributed by atoms with Gasteiger partial charge in [0.1, 0.15) is 0 Å². The van der Waals surface area contributed by atoms with Crippen LogP contribution in [0.1, 0.15) is 48.0 Å². The number of hydrogen-bond donors (Lipinski definition) is 0. The van der Waals surface area contributed by atoms with Gasteiger partial charge in [0.15, 0.2) is 22.4 Å². The van der Waals surface area contributed by atoms with Crippen LogP contribution in [0, 0.1) is 0 Å². The predicted molar refractivity (Wildman–Crippen MR) is 139 cm³/mol. The van der Waals surface area contributed by atoms with Crippen molar-refractivity contribution in [2.75, 3.05) is 5.75 Å². The molecule has 2 unspecified atom stereocenters. The minimum Gasteiger partial charge on any atom is -0.411 e. The highest BCUT2D eigenvalue weighted by Crippen LogP contribution is 2.43. The van der Waals surface area contributed by atoms with Gasteiger partial charge in [-0.1, -0.05) is 65.8 Å². The fraction of sp³-hybridized carbons (Fsp3) is 0.640. The fourth-order valence-corrected chi connectivity index (χ4v) is 6.41. The number of benzene rings is 1. The van der Waals surface area contributed by atoms with Gasteiger partial charge in [0.2, 0.25) is 0 Å². The van der Waals surface area contributed by atoms with E-state index in [1.54, 1.807) is 11.8 Å². The Balaban J connectivity index is 2.24. The van der Waals surface area contributed by atoms with Crippen molar-refractivity contribution < 1.29 is 13.6 Å². The molecule has 1 aliphatic carbocycles. The van der Waals surface area contributed by atoms with Crippen LogP contribution < -0.4 is 0 Å². The monoisotopic (exact) mass is 478 g/mol. The maximum atomic E-state index is 13.3. The summed E-state index contributed by atoms with van der Waals surface area (Å²) in [6.45, 7) is 22.6. The van der Waals surface area contributed by atoms with Gasteiger partial charge in [-0.25, -0.2) is 0 Å². The molecule has 2 atom stereocenters. The number of carbonyl (C=O) groups excluding carboxylic acids is 1. The van der Waals surface area contributed by atoms with Crippen LogP contribution in [-0.2, 0) is 13.6 Å². The molecule has 2 rings (SSSR count). The smallest absolute Gasteiger partial charge is 0.193 e. The Bertz CT molecular complexity index is 789. The van der Waals surface area contributed by atoms with E-state index in [4.69, 9.17) is 8.85 Å². The van der Waals surface area contributed by atoms with Gasteiger partial charge in [-0.05, 0) is 54.8 Å². The van der Waals surface area contributed by atoms with Crippen LogP contribution in [0.15, 0.2) is 46.9 Å². The molecule has 0 heterocycles. The van der Waals surface area contributed by atoms with Crippen molar-refractivity contribution in [3.05, 3.63) is 42.0 Å². The third-order valence-corrected chi connectivity index (χ3v) is 17.1. The first-order valence-corrected chi connectivity index (χ1v) is 18.1. The summed E-state index contributed by atoms with van der Waals surface area (Å²) >= 11 is 1.59. The van der Waals surface area contributed by atoms with Gasteiger partial charge < -0.3 is 8.85 Å². The second-order valence-corrected chi connectivity index (χ2v) is 22.2. The summed E-state index contributed by atoms with van der Waals surface area (Å²) in [5.41, 5.74) is 0.817. The average molecular weight is 479 g/mol. The van der Waals surface area contributed by atoms with Crippen molar-refractivity contribution >= 4 is 34.2 Å². The molecule has 0 bridgehead atoms. The van der Waals surface area contributed by atoms with Crippen molar-refractivity contribution in [2.45, 2.75) is 101 Å². The highest BCUT2D eigenvalue weighted by molar-refractivity contribution is 8.00. The number of ketones is 1. The first-order valence-electron chi connectivity index (χ1n) is 11.3. The Kier molecular flexibility index (Phi) is 8.30. The number of hydrogen-bond acceptors (Lipinski definition) is 4. The van der Waals surface area contributed by atoms with E-state index in [0.29, 0.717) is 5.75 Å². The zero-order valence-electron chi connectivity index (χ0n) is 21.2. The topological polar surface area (TPSA) is 35.5 Å². The summed E-state index contributed by atoms with van der Waals surface area (Å²) < 4.78 is 13.7. The van der Waals surface area contributed by atoms with E-state index in [1.807, 2.05) is 30.3 Å². The van der Waals surface area contributed by atoms with E-state index < -0.39 is 16.6 Å². The quantitative estimate of drug-likeness (QED) is 0.287. The van der Waals surface area contributed by atoms with Crippen molar-refractivity contribution in [3.63, 3.8) is 0 Å². The van der Waals surface area contributed by atoms with Crippen LogP contribution in [0.2, 0.25) is 36.3 Å². The third kappa shape index (κ3) is 6.67. The molecule has 3 nitrogen and oxygen atoms in total. The van der Waals surface area contributed by atoms with Crippen LogP contribution in [0.5, 0.6) is 0 Å². The summed E-state index contributed by atoms with van der Waals surface area (Å²) in [4.78, 5) is 14.4. The van der Waals surface area contributed by atoms with Gasteiger partial charge in [0.05, 0.1) is 18.0 Å². The van der Waals surface area contributed by atoms with E-state index in [9.17, 15) is 4.79 Å². The summed E-state index contributed by atoms with van der Waals surface area (Å²) in [5, 5.41) is 0.189. The molecule has 174 valence electrons. The summed E-state index contributed by atoms with van der Waals surface area (Å²) in [5.74, 6) is 0.596. The van der Waals surface area contributed by atoms with E-state index in [1.165, 1.54) is 0 Å². The molecule has 0 radical (unpaired) electrons. The lowest BCUT2D eigenvalue weighted by Crippen LogP contribution is -2.51. The number of rotatable bonds is 8. The zero-order chi connectivity index (χ0) is 23.7. The van der Waals surface area contributed by atoms with Crippen molar-refractivity contribution in [2.24, 2.45) is 0 Å². The SMILES string of the molecule is CC(C)(C)[Si](C)(C)OC1CC=C(C(=O)CSc2ccccc2)C1O[Si](C)(C)C(C)(C)C. The molecule has 0 aliphatic heterocycles. The van der Waals surface area contributed by atoms with Crippen molar-refractivity contribution in [1.29, 1.82) is 0 Å². The second-order valence-electron chi connectivity index (χ2n) is 11.6. The minimum atomic E-state index is -2.07. The third-order valence-electron chi connectivity index (χ3n) is 7.13. The van der Waals surface area contributed by atoms with E-state index >= 15 is 0 Å². The Morgan fingerprint density at radius 3 is 1.97 bits per heavy atom. The minimum absolute atomic E-state index is 0.0734. The maximum absolute atomic E-state index is 13.3. The summed E-state index contributed by atoms with van der Waals surface area (Å²) in [6, 6.07) is 10.1. The maximum Gasteiger partial charge on any atom is 0.193 e. The Labute approximate surface area is 196 Å². The average Bonchev–Trinajstić information content (AvgIpc) is 3.00. The standard InChI is InChI=1S/C25H42O3SSi2/c1-24(2,3)30(7,8)27-22-17-16-20(23(22)28-31(9,10)25(4,5)6)21(26)18-29-19-14-12-11-13-15-19/h11-16,22-23H,17-18H2,1-10H3. The first kappa shape index (κ1) is 26.6. The zero-order valence-corrected chi connectivity index (χ0v) is 24.0. The van der Waals surface area contributed by atoms with E-state index in [-0.39, 0.29) is 28.1 Å². The molecule has 1 aliphatic rings. The molecular formula is C25H42O3SSi2. The molecule has 0 N–H and O–H groups in total. The van der Waals surface area contributed by atoms with Crippen LogP contribution in [0.3, 0.4) is 0 Å². The predicted octanol–water partition coefficient (Wildman–Crippen LogP) is 7.46. The van der Waals surface area contributed by atoms with Crippen LogP contribution >= 0.6 is 11.8 Å². The van der Waals surface area contributed by atoms with Gasteiger partial charge in [-0.2, -0.15) is 0 Å². The van der Waals surface area contributed by atoms with Gasteiger partial charge >= 0.3 is 0 Å². The van der Waals surface area contributed by atoms with Gasteiger partial charge in [-0.3, -0.25) is 4.79 Å². The van der Waals surface area contributed by atoms with Gasteiger partial charge in [-0.15, -0.1) is 11.8 Å². The molecule has 0 aromatic heterocycles. The Morgan fingerprint density at radius 2 is 1.45 bits per heavy atom. The molecule has 1 aromatic carbocycles. The molecule has 0 saturated carbocycles. The van der Waals surface area contributed by atoms with Crippen LogP contribution in [0.4, 0.5) is 0 Å². The van der Waals surface area contributed by atoms with Crippen molar-refractivity contribution in [3.8, 4) is 0 Å². The first-order chi connectivity index (χ1) is 14.1. The molecule has 31 heavy (non-hydrogen) atoms. The fourth-order valence-electron chi connectivity index (χ4n) is 3.00. The van der Waals surface area contributed by atoms with Crippen molar-refractivity contribution in [1.82, 2.24) is 0 Å². The molecule has 0 fully saturated rings. The van der Waals surface area contributed by atoms with E-state index in [0.717, 1.165) is 16.9 Å². The molecular weight excluding hydrogens is 437 g/mol. The van der Waals surface area contributed by atoms with Crippen LogP contribution in [0.25, 0.3) is 0 Å². The lowest BCUT2D eigenvalue weighted by atomic mass is 10.1. The van der Waals surface area contributed by atoms with Gasteiger partial charge in [0, 0.05) is 10.5 Å². The Hall–Kier alpha value is -0.666. The van der Waals surface area contributed by atoms with Gasteiger partial charge in [0.25, 0.3) is 0 Å². The lowest BCUT2D eigenvalue weighted by molar-refractivity contribution is -0.114. The molecule has 1 aromatic rings. The highest BCUT2D eigenvalue weighted by Gasteiger charge is 2.47. The number of thioether (sulfide) groups is 1. The number of Topliss-reactive ketones (excluding diaryl/α,β-unsaturated/α-hetero) is 1. The molecule has 0 spiro atoms. The molecule has 0 amide bonds. The molecule has 0 saturated heterocycles. The summed E-state index contributed by atoms with van der Waals surface area (Å²) in [6.07, 6.45) is 2.50. The van der Waals surface area contributed by atoms with E-state index in [2.05, 4.69) is 73.8 Å².